The lowest BCUT2D eigenvalue weighted by molar-refractivity contribution is -0.122. The molecule has 2 aromatic heterocycles. The summed E-state index contributed by atoms with van der Waals surface area (Å²) in [5.41, 5.74) is 3.80. The van der Waals surface area contributed by atoms with Crippen LogP contribution in [0.25, 0.3) is 16.9 Å². The molecule has 3 aromatic rings. The van der Waals surface area contributed by atoms with E-state index in [9.17, 15) is 18.0 Å². The summed E-state index contributed by atoms with van der Waals surface area (Å²) < 4.78 is 44.0. The van der Waals surface area contributed by atoms with Crippen molar-refractivity contribution in [2.75, 3.05) is 43.1 Å². The van der Waals surface area contributed by atoms with Gasteiger partial charge in [-0.05, 0) is 18.2 Å². The Kier molecular flexibility index (Phi) is 5.49. The first-order chi connectivity index (χ1) is 14.4. The quantitative estimate of drug-likeness (QED) is 0.679. The number of carbonyl (C=O) groups excluding carboxylic acids is 1. The minimum Gasteiger partial charge on any atom is -0.378 e. The summed E-state index contributed by atoms with van der Waals surface area (Å²) in [5, 5.41) is 4.20. The molecule has 0 atom stereocenters. The van der Waals surface area contributed by atoms with Crippen LogP contribution in [0.3, 0.4) is 0 Å². The zero-order valence-electron chi connectivity index (χ0n) is 15.9. The largest absolute Gasteiger partial charge is 0.405 e. The van der Waals surface area contributed by atoms with Crippen molar-refractivity contribution in [1.29, 1.82) is 0 Å². The highest BCUT2D eigenvalue weighted by molar-refractivity contribution is 5.90. The lowest BCUT2D eigenvalue weighted by Crippen LogP contribution is -2.36. The van der Waals surface area contributed by atoms with Crippen LogP contribution in [0.15, 0.2) is 48.8 Å². The van der Waals surface area contributed by atoms with Gasteiger partial charge in [0.15, 0.2) is 0 Å². The number of carbonyl (C=O) groups is 1. The number of benzene rings is 1. The molecule has 1 aromatic carbocycles. The highest BCUT2D eigenvalue weighted by atomic mass is 19.4. The fourth-order valence-electron chi connectivity index (χ4n) is 3.31. The molecule has 10 heteroatoms. The normalized spacial score (nSPS) is 14.7. The van der Waals surface area contributed by atoms with Crippen LogP contribution in [0.2, 0.25) is 0 Å². The second kappa shape index (κ2) is 8.23. The number of hydrogen-bond donors (Lipinski definition) is 2. The van der Waals surface area contributed by atoms with Gasteiger partial charge in [0.2, 0.25) is 0 Å². The van der Waals surface area contributed by atoms with Gasteiger partial charge in [0.25, 0.3) is 0 Å². The summed E-state index contributed by atoms with van der Waals surface area (Å²) in [6, 6.07) is 9.95. The molecule has 30 heavy (non-hydrogen) atoms. The van der Waals surface area contributed by atoms with Gasteiger partial charge in [0.1, 0.15) is 12.2 Å². The van der Waals surface area contributed by atoms with Crippen molar-refractivity contribution >= 4 is 23.1 Å². The maximum absolute atomic E-state index is 12.2. The van der Waals surface area contributed by atoms with Gasteiger partial charge < -0.3 is 20.3 Å². The molecule has 1 aliphatic heterocycles. The molecule has 1 saturated heterocycles. The molecule has 2 N–H and O–H groups in total. The van der Waals surface area contributed by atoms with Crippen LogP contribution in [-0.4, -0.2) is 54.4 Å². The molecule has 158 valence electrons. The molecular weight excluding hydrogens is 399 g/mol. The number of alkyl halides is 3. The van der Waals surface area contributed by atoms with Crippen LogP contribution < -0.4 is 15.5 Å². The third kappa shape index (κ3) is 4.65. The molecule has 0 saturated carbocycles. The zero-order chi connectivity index (χ0) is 21.1. The maximum Gasteiger partial charge on any atom is 0.405 e. The first kappa shape index (κ1) is 20.0. The molecule has 0 radical (unpaired) electrons. The average Bonchev–Trinajstić information content (AvgIpc) is 3.16. The number of pyridine rings is 1. The lowest BCUT2D eigenvalue weighted by atomic mass is 10.1. The zero-order valence-corrected chi connectivity index (χ0v) is 15.9. The molecule has 7 nitrogen and oxygen atoms in total. The molecular formula is C20H20F3N5O2. The van der Waals surface area contributed by atoms with Gasteiger partial charge in [-0.3, -0.25) is 4.40 Å². The van der Waals surface area contributed by atoms with Crippen LogP contribution >= 0.6 is 0 Å². The van der Waals surface area contributed by atoms with E-state index < -0.39 is 18.8 Å². The lowest BCUT2D eigenvalue weighted by Gasteiger charge is -2.28. The van der Waals surface area contributed by atoms with Crippen LogP contribution in [0.4, 0.5) is 29.3 Å². The Morgan fingerprint density at radius 1 is 1.17 bits per heavy atom. The minimum atomic E-state index is -4.46. The van der Waals surface area contributed by atoms with Crippen LogP contribution in [0.1, 0.15) is 0 Å². The topological polar surface area (TPSA) is 70.9 Å². The van der Waals surface area contributed by atoms with E-state index in [1.165, 1.54) is 0 Å². The fourth-order valence-corrected chi connectivity index (χ4v) is 3.31. The second-order valence-electron chi connectivity index (χ2n) is 6.86. The number of rotatable bonds is 4. The third-order valence-corrected chi connectivity index (χ3v) is 4.74. The van der Waals surface area contributed by atoms with Crippen molar-refractivity contribution in [2.45, 2.75) is 6.18 Å². The summed E-state index contributed by atoms with van der Waals surface area (Å²) >= 11 is 0. The molecule has 3 heterocycles. The molecule has 1 aliphatic rings. The SMILES string of the molecule is O=C(NCC(F)(F)F)Nc1cccc(-c2cnc3cc(N4CCOCC4)ccn23)c1. The van der Waals surface area contributed by atoms with Crippen molar-refractivity contribution in [3.63, 3.8) is 0 Å². The molecule has 0 spiro atoms. The van der Waals surface area contributed by atoms with Gasteiger partial charge >= 0.3 is 12.2 Å². The molecule has 0 unspecified atom stereocenters. The molecule has 4 rings (SSSR count). The van der Waals surface area contributed by atoms with E-state index in [-0.39, 0.29) is 0 Å². The van der Waals surface area contributed by atoms with E-state index in [0.717, 1.165) is 35.7 Å². The van der Waals surface area contributed by atoms with Gasteiger partial charge in [-0.2, -0.15) is 13.2 Å². The van der Waals surface area contributed by atoms with Crippen molar-refractivity contribution in [3.8, 4) is 11.3 Å². The van der Waals surface area contributed by atoms with E-state index in [1.807, 2.05) is 28.8 Å². The molecule has 2 amide bonds. The number of ether oxygens (including phenoxy) is 1. The number of hydrogen-bond acceptors (Lipinski definition) is 4. The van der Waals surface area contributed by atoms with Gasteiger partial charge in [0.05, 0.1) is 25.1 Å². The van der Waals surface area contributed by atoms with Crippen LogP contribution in [-0.2, 0) is 4.74 Å². The summed E-state index contributed by atoms with van der Waals surface area (Å²) in [5.74, 6) is 0. The number of fused-ring (bicyclic) bond motifs is 1. The van der Waals surface area contributed by atoms with E-state index in [2.05, 4.69) is 15.2 Å². The minimum absolute atomic E-state index is 0.382. The highest BCUT2D eigenvalue weighted by Gasteiger charge is 2.27. The molecule has 0 bridgehead atoms. The summed E-state index contributed by atoms with van der Waals surface area (Å²) in [4.78, 5) is 18.4. The summed E-state index contributed by atoms with van der Waals surface area (Å²) in [6.07, 6.45) is -0.810. The van der Waals surface area contributed by atoms with Gasteiger partial charge in [-0.15, -0.1) is 0 Å². The second-order valence-corrected chi connectivity index (χ2v) is 6.86. The Morgan fingerprint density at radius 2 is 1.97 bits per heavy atom. The number of nitrogens with zero attached hydrogens (tertiary/aromatic N) is 3. The monoisotopic (exact) mass is 419 g/mol. The number of urea groups is 1. The highest BCUT2D eigenvalue weighted by Crippen LogP contribution is 2.26. The van der Waals surface area contributed by atoms with Crippen molar-refractivity contribution < 1.29 is 22.7 Å². The number of imidazole rings is 1. The number of morpholine rings is 1. The Hall–Kier alpha value is -3.27. The first-order valence-electron chi connectivity index (χ1n) is 9.41. The van der Waals surface area contributed by atoms with Crippen LogP contribution in [0, 0.1) is 0 Å². The maximum atomic E-state index is 12.2. The third-order valence-electron chi connectivity index (χ3n) is 4.74. The fraction of sp³-hybridized carbons (Fsp3) is 0.300. The number of halogens is 3. The van der Waals surface area contributed by atoms with Crippen LogP contribution in [0.5, 0.6) is 0 Å². The van der Waals surface area contributed by atoms with E-state index in [0.29, 0.717) is 18.9 Å². The van der Waals surface area contributed by atoms with E-state index >= 15 is 0 Å². The van der Waals surface area contributed by atoms with E-state index in [1.54, 1.807) is 29.7 Å². The Labute approximate surface area is 170 Å². The number of amides is 2. The van der Waals surface area contributed by atoms with Gasteiger partial charge in [-0.25, -0.2) is 9.78 Å². The van der Waals surface area contributed by atoms with Crippen molar-refractivity contribution in [3.05, 3.63) is 48.8 Å². The van der Waals surface area contributed by atoms with Crippen molar-refractivity contribution in [2.24, 2.45) is 0 Å². The first-order valence-corrected chi connectivity index (χ1v) is 9.41. The smallest absolute Gasteiger partial charge is 0.378 e. The standard InChI is InChI=1S/C20H20F3N5O2/c21-20(22,23)13-25-19(29)26-15-3-1-2-14(10-15)17-12-24-18-11-16(4-5-28(17)18)27-6-8-30-9-7-27/h1-5,10-12H,6-9,13H2,(H2,25,26,29). The average molecular weight is 419 g/mol. The van der Waals surface area contributed by atoms with E-state index in [4.69, 9.17) is 4.74 Å². The number of nitrogens with one attached hydrogen (secondary N) is 2. The summed E-state index contributed by atoms with van der Waals surface area (Å²) in [7, 11) is 0. The number of aromatic nitrogens is 2. The molecule has 0 aliphatic carbocycles. The Balaban J connectivity index is 1.52. The van der Waals surface area contributed by atoms with Crippen molar-refractivity contribution in [1.82, 2.24) is 14.7 Å². The predicted octanol–water partition coefficient (Wildman–Crippen LogP) is 3.52. The van der Waals surface area contributed by atoms with Gasteiger partial charge in [-0.1, -0.05) is 12.1 Å². The molecule has 1 fully saturated rings. The predicted molar refractivity (Wildman–Crippen MR) is 107 cm³/mol. The number of anilines is 2. The van der Waals surface area contributed by atoms with Gasteiger partial charge in [0, 0.05) is 42.3 Å². The Morgan fingerprint density at radius 3 is 2.73 bits per heavy atom. The Bertz CT molecular complexity index is 1040. The summed E-state index contributed by atoms with van der Waals surface area (Å²) in [6.45, 7) is 1.65.